The zero-order chi connectivity index (χ0) is 29.7. The van der Waals surface area contributed by atoms with Crippen molar-refractivity contribution in [1.82, 2.24) is 0 Å². The lowest BCUT2D eigenvalue weighted by Crippen LogP contribution is -1.99. The van der Waals surface area contributed by atoms with E-state index in [1.165, 1.54) is 71.7 Å². The second-order valence-corrected chi connectivity index (χ2v) is 11.5. The molecule has 4 aromatic rings. The van der Waals surface area contributed by atoms with E-state index < -0.39 is 0 Å². The fraction of sp³-hybridized carbons (Fsp3) is 0.0909. The standard InChI is InChI=1S/C44H36/c1-2-32-22-14-23-33-16-6-8-20-37(33)30-43(32)35-17-5-3-4-15-34-27-28-39(29-36(34)19-9-7-18-35)44-31-38-21-10-11-24-40(38)41-25-12-13-26-42(41)44/h2-5,7-15,17-22,24-31H,6,16,23H2,1H3/b4-3?,5-3-,9-7?,15-4-,17-5?,18-7+,19-9-,22-14-,32-2+,34-15?,35-17+,35-18?,36-19?,43-30+. The van der Waals surface area contributed by atoms with Crippen LogP contribution in [0.4, 0.5) is 0 Å². The fourth-order valence-corrected chi connectivity index (χ4v) is 6.53. The third kappa shape index (κ3) is 5.60. The highest BCUT2D eigenvalue weighted by Crippen LogP contribution is 2.36. The molecule has 4 aromatic carbocycles. The molecule has 7 rings (SSSR count). The monoisotopic (exact) mass is 564 g/mol. The Morgan fingerprint density at radius 2 is 1.43 bits per heavy atom. The first-order valence-corrected chi connectivity index (χ1v) is 15.7. The van der Waals surface area contributed by atoms with Gasteiger partial charge in [0.2, 0.25) is 0 Å². The van der Waals surface area contributed by atoms with Crippen molar-refractivity contribution in [1.29, 1.82) is 0 Å². The van der Waals surface area contributed by atoms with Crippen LogP contribution in [0.25, 0.3) is 44.8 Å². The molecular weight excluding hydrogens is 528 g/mol. The van der Waals surface area contributed by atoms with Crippen LogP contribution in [0.2, 0.25) is 0 Å². The van der Waals surface area contributed by atoms with Crippen molar-refractivity contribution < 1.29 is 0 Å². The van der Waals surface area contributed by atoms with Crippen molar-refractivity contribution in [3.63, 3.8) is 0 Å². The number of benzene rings is 4. The molecule has 0 saturated heterocycles. The average molecular weight is 565 g/mol. The molecule has 212 valence electrons. The Morgan fingerprint density at radius 3 is 2.34 bits per heavy atom. The summed E-state index contributed by atoms with van der Waals surface area (Å²) in [5.41, 5.74) is 11.5. The summed E-state index contributed by atoms with van der Waals surface area (Å²) in [5.74, 6) is 0. The van der Waals surface area contributed by atoms with E-state index in [9.17, 15) is 0 Å². The second-order valence-electron chi connectivity index (χ2n) is 11.5. The van der Waals surface area contributed by atoms with Gasteiger partial charge in [-0.1, -0.05) is 151 Å². The molecule has 0 spiro atoms. The minimum Gasteiger partial charge on any atom is -0.0836 e. The molecule has 0 aromatic heterocycles. The van der Waals surface area contributed by atoms with E-state index in [0.717, 1.165) is 19.3 Å². The van der Waals surface area contributed by atoms with Crippen molar-refractivity contribution in [2.45, 2.75) is 26.2 Å². The van der Waals surface area contributed by atoms with Crippen LogP contribution in [0, 0.1) is 0 Å². The maximum Gasteiger partial charge on any atom is -0.00988 e. The molecule has 0 fully saturated rings. The number of hydrogen-bond donors (Lipinski definition) is 0. The van der Waals surface area contributed by atoms with Gasteiger partial charge in [-0.15, -0.1) is 0 Å². The second kappa shape index (κ2) is 12.6. The van der Waals surface area contributed by atoms with Gasteiger partial charge < -0.3 is 0 Å². The van der Waals surface area contributed by atoms with Gasteiger partial charge in [0, 0.05) is 0 Å². The summed E-state index contributed by atoms with van der Waals surface area (Å²) in [6.45, 7) is 2.13. The van der Waals surface area contributed by atoms with Gasteiger partial charge in [-0.05, 0) is 110 Å². The molecular formula is C44H36. The van der Waals surface area contributed by atoms with Crippen molar-refractivity contribution in [3.8, 4) is 11.1 Å². The molecule has 0 aliphatic heterocycles. The largest absolute Gasteiger partial charge is 0.0836 e. The molecule has 0 unspecified atom stereocenters. The van der Waals surface area contributed by atoms with Crippen LogP contribution in [-0.2, 0) is 0 Å². The Labute approximate surface area is 261 Å². The normalized spacial score (nSPS) is 23.5. The molecule has 0 radical (unpaired) electrons. The molecule has 0 saturated carbocycles. The smallest absolute Gasteiger partial charge is 0.00988 e. The predicted octanol–water partition coefficient (Wildman–Crippen LogP) is 12.2. The Kier molecular flexibility index (Phi) is 7.90. The lowest BCUT2D eigenvalue weighted by atomic mass is 9.87. The molecule has 0 nitrogen and oxygen atoms in total. The lowest BCUT2D eigenvalue weighted by molar-refractivity contribution is 0.909. The Balaban J connectivity index is 1.29. The van der Waals surface area contributed by atoms with Crippen LogP contribution in [0.1, 0.15) is 37.3 Å². The lowest BCUT2D eigenvalue weighted by Gasteiger charge is -2.18. The third-order valence-corrected chi connectivity index (χ3v) is 8.82. The van der Waals surface area contributed by atoms with Gasteiger partial charge in [-0.2, -0.15) is 0 Å². The van der Waals surface area contributed by atoms with Crippen molar-refractivity contribution >= 4 is 33.7 Å². The van der Waals surface area contributed by atoms with Gasteiger partial charge in [0.1, 0.15) is 0 Å². The van der Waals surface area contributed by atoms with E-state index in [4.69, 9.17) is 0 Å². The summed E-state index contributed by atoms with van der Waals surface area (Å²) in [6, 6.07) is 26.6. The fourth-order valence-electron chi connectivity index (χ4n) is 6.53. The van der Waals surface area contributed by atoms with Gasteiger partial charge in [-0.3, -0.25) is 0 Å². The summed E-state index contributed by atoms with van der Waals surface area (Å²) in [5, 5.41) is 5.14. The summed E-state index contributed by atoms with van der Waals surface area (Å²) in [4.78, 5) is 0. The van der Waals surface area contributed by atoms with Crippen LogP contribution < -0.4 is 0 Å². The van der Waals surface area contributed by atoms with Crippen molar-refractivity contribution in [2.24, 2.45) is 0 Å². The number of rotatable bonds is 2. The zero-order valence-electron chi connectivity index (χ0n) is 25.2. The van der Waals surface area contributed by atoms with Crippen molar-refractivity contribution in [2.75, 3.05) is 0 Å². The van der Waals surface area contributed by atoms with Gasteiger partial charge in [0.05, 0.1) is 0 Å². The minimum atomic E-state index is 1.03. The molecule has 0 heteroatoms. The van der Waals surface area contributed by atoms with Gasteiger partial charge in [0.15, 0.2) is 0 Å². The van der Waals surface area contributed by atoms with Crippen LogP contribution >= 0.6 is 0 Å². The highest BCUT2D eigenvalue weighted by Gasteiger charge is 2.13. The Morgan fingerprint density at radius 1 is 0.636 bits per heavy atom. The highest BCUT2D eigenvalue weighted by molar-refractivity contribution is 6.13. The summed E-state index contributed by atoms with van der Waals surface area (Å²) >= 11 is 0. The zero-order valence-corrected chi connectivity index (χ0v) is 25.2. The summed E-state index contributed by atoms with van der Waals surface area (Å²) < 4.78 is 0. The molecule has 0 amide bonds. The average Bonchev–Trinajstić information content (AvgIpc) is 3.05. The number of hydrogen-bond acceptors (Lipinski definition) is 0. The summed E-state index contributed by atoms with van der Waals surface area (Å²) in [7, 11) is 0. The molecule has 44 heavy (non-hydrogen) atoms. The first kappa shape index (κ1) is 27.6. The Hall–Kier alpha value is -5.20. The van der Waals surface area contributed by atoms with Crippen LogP contribution in [0.15, 0.2) is 180 Å². The predicted molar refractivity (Wildman–Crippen MR) is 192 cm³/mol. The number of fused-ring (bicyclic) bond motifs is 4. The number of allylic oxidation sites excluding steroid dienone is 18. The van der Waals surface area contributed by atoms with Gasteiger partial charge >= 0.3 is 0 Å². The SMILES string of the molecule is C/C=C1\C=C/CC2=C(C=CCC2)/C=C1/C1=C/C=C\C=C/c2ccc(-c3cc4ccccc4c4ccccc34)cc2/C=C\C=C\1. The van der Waals surface area contributed by atoms with E-state index in [1.807, 2.05) is 0 Å². The van der Waals surface area contributed by atoms with Crippen LogP contribution in [-0.4, -0.2) is 0 Å². The van der Waals surface area contributed by atoms with E-state index in [1.54, 1.807) is 0 Å². The third-order valence-electron chi connectivity index (χ3n) is 8.82. The van der Waals surface area contributed by atoms with E-state index in [0.29, 0.717) is 0 Å². The molecule has 3 aliphatic carbocycles. The maximum absolute atomic E-state index is 2.38. The molecule has 3 aliphatic rings. The van der Waals surface area contributed by atoms with Crippen molar-refractivity contribution in [3.05, 3.63) is 191 Å². The molecule has 0 bridgehead atoms. The van der Waals surface area contributed by atoms with E-state index in [2.05, 4.69) is 171 Å². The van der Waals surface area contributed by atoms with E-state index >= 15 is 0 Å². The van der Waals surface area contributed by atoms with Gasteiger partial charge in [-0.25, -0.2) is 0 Å². The van der Waals surface area contributed by atoms with Crippen LogP contribution in [0.5, 0.6) is 0 Å². The summed E-state index contributed by atoms with van der Waals surface area (Å²) in [6.07, 6.45) is 36.8. The molecule has 0 heterocycles. The first-order chi connectivity index (χ1) is 21.8. The first-order valence-electron chi connectivity index (χ1n) is 15.7. The maximum atomic E-state index is 2.38. The van der Waals surface area contributed by atoms with Crippen LogP contribution in [0.3, 0.4) is 0 Å². The minimum absolute atomic E-state index is 1.03. The van der Waals surface area contributed by atoms with E-state index in [-0.39, 0.29) is 0 Å². The quantitative estimate of drug-likeness (QED) is 0.212. The Bertz CT molecular complexity index is 2070. The highest BCUT2D eigenvalue weighted by atomic mass is 14.2. The van der Waals surface area contributed by atoms with Gasteiger partial charge in [0.25, 0.3) is 0 Å². The topological polar surface area (TPSA) is 0 Å². The molecule has 0 N–H and O–H groups in total. The molecule has 0 atom stereocenters.